The van der Waals surface area contributed by atoms with E-state index in [2.05, 4.69) is 0 Å². The second-order valence-corrected chi connectivity index (χ2v) is 5.90. The predicted octanol–water partition coefficient (Wildman–Crippen LogP) is 2.83. The van der Waals surface area contributed by atoms with Crippen molar-refractivity contribution in [2.75, 3.05) is 20.8 Å². The van der Waals surface area contributed by atoms with Crippen LogP contribution in [0.2, 0.25) is 0 Å². The standard InChI is InChI=1S/C20H20O6/c1-24-17-6-5-13(10-18(17)25-2)19-15(11-22)14-8-12(4-3-7-21)9-16(23)20(14)26-19/h3-10,15,19,22-23H,11H2,1-2H3/b4-3+/t15-,19+/m1/s1. The lowest BCUT2D eigenvalue weighted by Gasteiger charge is -2.19. The largest absolute Gasteiger partial charge is 0.504 e. The summed E-state index contributed by atoms with van der Waals surface area (Å²) in [5.41, 5.74) is 2.14. The van der Waals surface area contributed by atoms with Gasteiger partial charge in [-0.3, -0.25) is 4.79 Å². The molecule has 1 aliphatic heterocycles. The number of carbonyl (C=O) groups excluding carboxylic acids is 1. The molecule has 136 valence electrons. The zero-order chi connectivity index (χ0) is 18.7. The lowest BCUT2D eigenvalue weighted by Crippen LogP contribution is -2.13. The van der Waals surface area contributed by atoms with Crippen LogP contribution in [0.4, 0.5) is 0 Å². The lowest BCUT2D eigenvalue weighted by molar-refractivity contribution is -0.104. The molecule has 1 aliphatic rings. The molecule has 0 spiro atoms. The first-order chi connectivity index (χ1) is 12.6. The number of aromatic hydroxyl groups is 1. The Kier molecular flexibility index (Phi) is 5.14. The van der Waals surface area contributed by atoms with Gasteiger partial charge in [0.05, 0.1) is 26.7 Å². The van der Waals surface area contributed by atoms with Gasteiger partial charge in [0.2, 0.25) is 0 Å². The molecule has 0 unspecified atom stereocenters. The first-order valence-corrected chi connectivity index (χ1v) is 8.11. The Morgan fingerprint density at radius 2 is 1.92 bits per heavy atom. The number of aldehydes is 1. The minimum absolute atomic E-state index is 0.0329. The number of hydrogen-bond donors (Lipinski definition) is 2. The number of ether oxygens (including phenoxy) is 3. The molecule has 0 radical (unpaired) electrons. The zero-order valence-electron chi connectivity index (χ0n) is 14.5. The number of phenols is 1. The van der Waals surface area contributed by atoms with Gasteiger partial charge in [0.15, 0.2) is 23.0 Å². The van der Waals surface area contributed by atoms with Crippen LogP contribution < -0.4 is 14.2 Å². The SMILES string of the molecule is COc1ccc([C@@H]2Oc3c(O)cc(/C=C/C=O)cc3[C@H]2CO)cc1OC. The molecule has 6 heteroatoms. The van der Waals surface area contributed by atoms with Crippen LogP contribution in [0.3, 0.4) is 0 Å². The van der Waals surface area contributed by atoms with Gasteiger partial charge in [-0.15, -0.1) is 0 Å². The topological polar surface area (TPSA) is 85.2 Å². The first kappa shape index (κ1) is 17.8. The summed E-state index contributed by atoms with van der Waals surface area (Å²) in [4.78, 5) is 10.5. The summed E-state index contributed by atoms with van der Waals surface area (Å²) in [5, 5.41) is 20.2. The van der Waals surface area contributed by atoms with Crippen LogP contribution in [0.1, 0.15) is 28.7 Å². The minimum Gasteiger partial charge on any atom is -0.504 e. The highest BCUT2D eigenvalue weighted by Crippen LogP contribution is 2.51. The second kappa shape index (κ2) is 7.49. The molecule has 2 aromatic carbocycles. The Hall–Kier alpha value is -2.99. The average Bonchev–Trinajstić information content (AvgIpc) is 3.04. The van der Waals surface area contributed by atoms with E-state index in [1.54, 1.807) is 38.5 Å². The molecule has 0 saturated heterocycles. The summed E-state index contributed by atoms with van der Waals surface area (Å²) in [7, 11) is 3.11. The third kappa shape index (κ3) is 3.11. The van der Waals surface area contributed by atoms with E-state index < -0.39 is 6.10 Å². The fourth-order valence-corrected chi connectivity index (χ4v) is 3.20. The fourth-order valence-electron chi connectivity index (χ4n) is 3.20. The quantitative estimate of drug-likeness (QED) is 0.612. The highest BCUT2D eigenvalue weighted by Gasteiger charge is 2.37. The molecule has 6 nitrogen and oxygen atoms in total. The number of methoxy groups -OCH3 is 2. The Morgan fingerprint density at radius 3 is 2.58 bits per heavy atom. The highest BCUT2D eigenvalue weighted by atomic mass is 16.5. The first-order valence-electron chi connectivity index (χ1n) is 8.11. The molecule has 0 aliphatic carbocycles. The van der Waals surface area contributed by atoms with Gasteiger partial charge >= 0.3 is 0 Å². The maximum Gasteiger partial charge on any atom is 0.165 e. The molecule has 0 amide bonds. The van der Waals surface area contributed by atoms with Crippen molar-refractivity contribution < 1.29 is 29.2 Å². The highest BCUT2D eigenvalue weighted by molar-refractivity contribution is 5.75. The van der Waals surface area contributed by atoms with E-state index in [-0.39, 0.29) is 18.3 Å². The molecule has 0 bridgehead atoms. The average molecular weight is 356 g/mol. The normalized spacial score (nSPS) is 18.4. The van der Waals surface area contributed by atoms with E-state index in [1.807, 2.05) is 6.07 Å². The number of allylic oxidation sites excluding steroid dienone is 1. The summed E-state index contributed by atoms with van der Waals surface area (Å²) >= 11 is 0. The number of benzene rings is 2. The van der Waals surface area contributed by atoms with Crippen LogP contribution in [0, 0.1) is 0 Å². The van der Waals surface area contributed by atoms with Crippen LogP contribution in [0.15, 0.2) is 36.4 Å². The van der Waals surface area contributed by atoms with Crippen LogP contribution in [0.5, 0.6) is 23.0 Å². The molecule has 2 N–H and O–H groups in total. The number of fused-ring (bicyclic) bond motifs is 1. The number of rotatable bonds is 6. The minimum atomic E-state index is -0.481. The van der Waals surface area contributed by atoms with E-state index >= 15 is 0 Å². The van der Waals surface area contributed by atoms with Crippen molar-refractivity contribution in [3.63, 3.8) is 0 Å². The van der Waals surface area contributed by atoms with Gasteiger partial charge in [0.1, 0.15) is 12.4 Å². The molecular weight excluding hydrogens is 336 g/mol. The van der Waals surface area contributed by atoms with Crippen LogP contribution >= 0.6 is 0 Å². The summed E-state index contributed by atoms with van der Waals surface area (Å²) in [6.07, 6.45) is 3.12. The van der Waals surface area contributed by atoms with E-state index in [0.717, 1.165) is 5.56 Å². The van der Waals surface area contributed by atoms with E-state index in [1.165, 1.54) is 12.1 Å². The molecular formula is C20H20O6. The number of carbonyl (C=O) groups is 1. The lowest BCUT2D eigenvalue weighted by atomic mass is 9.90. The van der Waals surface area contributed by atoms with Crippen molar-refractivity contribution in [2.45, 2.75) is 12.0 Å². The Balaban J connectivity index is 2.02. The monoisotopic (exact) mass is 356 g/mol. The second-order valence-electron chi connectivity index (χ2n) is 5.90. The number of aliphatic hydroxyl groups excluding tert-OH is 1. The van der Waals surface area contributed by atoms with Gasteiger partial charge in [0, 0.05) is 5.56 Å². The molecule has 0 saturated carbocycles. The van der Waals surface area contributed by atoms with E-state index in [4.69, 9.17) is 14.2 Å². The summed E-state index contributed by atoms with van der Waals surface area (Å²) < 4.78 is 16.5. The molecule has 3 rings (SSSR count). The van der Waals surface area contributed by atoms with Crippen LogP contribution in [-0.2, 0) is 4.79 Å². The Morgan fingerprint density at radius 1 is 1.15 bits per heavy atom. The molecule has 1 heterocycles. The predicted molar refractivity (Wildman–Crippen MR) is 95.9 cm³/mol. The fraction of sp³-hybridized carbons (Fsp3) is 0.250. The van der Waals surface area contributed by atoms with Crippen molar-refractivity contribution >= 4 is 12.4 Å². The molecule has 26 heavy (non-hydrogen) atoms. The van der Waals surface area contributed by atoms with Gasteiger partial charge in [0.25, 0.3) is 0 Å². The third-order valence-electron chi connectivity index (χ3n) is 4.43. The van der Waals surface area contributed by atoms with E-state index in [0.29, 0.717) is 34.7 Å². The molecule has 0 aromatic heterocycles. The zero-order valence-corrected chi connectivity index (χ0v) is 14.5. The van der Waals surface area contributed by atoms with Gasteiger partial charge < -0.3 is 24.4 Å². The Bertz CT molecular complexity index is 842. The molecule has 2 aromatic rings. The Labute approximate surface area is 151 Å². The molecule has 2 atom stereocenters. The summed E-state index contributed by atoms with van der Waals surface area (Å²) in [6.45, 7) is -0.160. The summed E-state index contributed by atoms with van der Waals surface area (Å²) in [6, 6.07) is 8.72. The van der Waals surface area contributed by atoms with Crippen LogP contribution in [-0.4, -0.2) is 37.3 Å². The van der Waals surface area contributed by atoms with Crippen molar-refractivity contribution in [3.8, 4) is 23.0 Å². The third-order valence-corrected chi connectivity index (χ3v) is 4.43. The van der Waals surface area contributed by atoms with Gasteiger partial charge in [-0.1, -0.05) is 12.1 Å². The van der Waals surface area contributed by atoms with Crippen molar-refractivity contribution in [1.82, 2.24) is 0 Å². The number of hydrogen-bond acceptors (Lipinski definition) is 6. The molecule has 0 fully saturated rings. The number of aliphatic hydroxyl groups is 1. The maximum absolute atomic E-state index is 10.5. The van der Waals surface area contributed by atoms with E-state index in [9.17, 15) is 15.0 Å². The van der Waals surface area contributed by atoms with Gasteiger partial charge in [-0.05, 0) is 41.5 Å². The van der Waals surface area contributed by atoms with Gasteiger partial charge in [-0.25, -0.2) is 0 Å². The maximum atomic E-state index is 10.5. The van der Waals surface area contributed by atoms with Crippen LogP contribution in [0.25, 0.3) is 6.08 Å². The van der Waals surface area contributed by atoms with Crippen molar-refractivity contribution in [3.05, 3.63) is 53.1 Å². The smallest absolute Gasteiger partial charge is 0.165 e. The number of phenolic OH excluding ortho intramolecular Hbond substituents is 1. The van der Waals surface area contributed by atoms with Crippen molar-refractivity contribution in [2.24, 2.45) is 0 Å². The van der Waals surface area contributed by atoms with Crippen molar-refractivity contribution in [1.29, 1.82) is 0 Å². The van der Waals surface area contributed by atoms with Gasteiger partial charge in [-0.2, -0.15) is 0 Å². The summed E-state index contributed by atoms with van der Waals surface area (Å²) in [5.74, 6) is 1.09.